The van der Waals surface area contributed by atoms with Crippen LogP contribution in [-0.4, -0.2) is 29.6 Å². The second-order valence-corrected chi connectivity index (χ2v) is 6.31. The number of rotatable bonds is 4. The van der Waals surface area contributed by atoms with Gasteiger partial charge in [0.25, 0.3) is 0 Å². The molecule has 0 radical (unpaired) electrons. The minimum absolute atomic E-state index is 0.233. The van der Waals surface area contributed by atoms with Crippen molar-refractivity contribution in [2.24, 2.45) is 5.92 Å². The Balaban J connectivity index is 1.78. The third-order valence-corrected chi connectivity index (χ3v) is 4.72. The molecule has 1 heterocycles. The molecule has 0 aromatic heterocycles. The Morgan fingerprint density at radius 1 is 1.40 bits per heavy atom. The van der Waals surface area contributed by atoms with E-state index >= 15 is 0 Å². The third kappa shape index (κ3) is 4.01. The SMILES string of the molecule is CC1CCN(C(=O)CSCc2ccccc2C#N)CC1. The minimum Gasteiger partial charge on any atom is -0.342 e. The van der Waals surface area contributed by atoms with E-state index in [-0.39, 0.29) is 5.91 Å². The van der Waals surface area contributed by atoms with Crippen LogP contribution in [0.4, 0.5) is 0 Å². The predicted molar refractivity (Wildman–Crippen MR) is 82.3 cm³/mol. The summed E-state index contributed by atoms with van der Waals surface area (Å²) in [5, 5.41) is 9.02. The molecule has 1 fully saturated rings. The highest BCUT2D eigenvalue weighted by Crippen LogP contribution is 2.19. The Morgan fingerprint density at radius 3 is 2.80 bits per heavy atom. The number of nitriles is 1. The van der Waals surface area contributed by atoms with E-state index in [9.17, 15) is 4.79 Å². The van der Waals surface area contributed by atoms with Crippen molar-refractivity contribution >= 4 is 17.7 Å². The van der Waals surface area contributed by atoms with Crippen LogP contribution >= 0.6 is 11.8 Å². The van der Waals surface area contributed by atoms with Crippen LogP contribution in [-0.2, 0) is 10.5 Å². The highest BCUT2D eigenvalue weighted by molar-refractivity contribution is 7.99. The third-order valence-electron chi connectivity index (χ3n) is 3.76. The first-order valence-corrected chi connectivity index (χ1v) is 8.19. The van der Waals surface area contributed by atoms with Crippen molar-refractivity contribution in [3.05, 3.63) is 35.4 Å². The zero-order chi connectivity index (χ0) is 14.4. The lowest BCUT2D eigenvalue weighted by Gasteiger charge is -2.30. The average Bonchev–Trinajstić information content (AvgIpc) is 2.48. The van der Waals surface area contributed by atoms with Crippen LogP contribution in [0, 0.1) is 17.2 Å². The van der Waals surface area contributed by atoms with E-state index in [2.05, 4.69) is 13.0 Å². The van der Waals surface area contributed by atoms with E-state index in [1.165, 1.54) is 0 Å². The molecule has 1 aliphatic heterocycles. The Hall–Kier alpha value is -1.47. The molecule has 0 saturated carbocycles. The van der Waals surface area contributed by atoms with Gasteiger partial charge < -0.3 is 4.90 Å². The summed E-state index contributed by atoms with van der Waals surface area (Å²) in [6.07, 6.45) is 2.24. The van der Waals surface area contributed by atoms with Gasteiger partial charge >= 0.3 is 0 Å². The van der Waals surface area contributed by atoms with E-state index < -0.39 is 0 Å². The molecule has 0 spiro atoms. The van der Waals surface area contributed by atoms with Crippen LogP contribution in [0.15, 0.2) is 24.3 Å². The fourth-order valence-corrected chi connectivity index (χ4v) is 3.28. The van der Waals surface area contributed by atoms with Crippen molar-refractivity contribution in [1.29, 1.82) is 5.26 Å². The van der Waals surface area contributed by atoms with Gasteiger partial charge in [-0.25, -0.2) is 0 Å². The number of thioether (sulfide) groups is 1. The summed E-state index contributed by atoms with van der Waals surface area (Å²) >= 11 is 1.60. The molecule has 1 saturated heterocycles. The summed E-state index contributed by atoms with van der Waals surface area (Å²) in [4.78, 5) is 14.1. The molecule has 1 aromatic carbocycles. The van der Waals surface area contributed by atoms with Gasteiger partial charge in [-0.3, -0.25) is 4.79 Å². The summed E-state index contributed by atoms with van der Waals surface area (Å²) in [5.41, 5.74) is 1.72. The van der Waals surface area contributed by atoms with Crippen LogP contribution in [0.5, 0.6) is 0 Å². The Morgan fingerprint density at radius 2 is 2.10 bits per heavy atom. The van der Waals surface area contributed by atoms with Crippen molar-refractivity contribution in [3.8, 4) is 6.07 Å². The standard InChI is InChI=1S/C16H20N2OS/c1-13-6-8-18(9-7-13)16(19)12-20-11-15-5-3-2-4-14(15)10-17/h2-5,13H,6-9,11-12H2,1H3. The largest absolute Gasteiger partial charge is 0.342 e. The van der Waals surface area contributed by atoms with E-state index in [0.29, 0.717) is 11.3 Å². The van der Waals surface area contributed by atoms with Crippen LogP contribution in [0.3, 0.4) is 0 Å². The van der Waals surface area contributed by atoms with Gasteiger partial charge in [-0.15, -0.1) is 11.8 Å². The van der Waals surface area contributed by atoms with Gasteiger partial charge in [-0.2, -0.15) is 5.26 Å². The molecule has 0 N–H and O–H groups in total. The molecule has 4 heteroatoms. The van der Waals surface area contributed by atoms with Gasteiger partial charge in [-0.05, 0) is 30.4 Å². The molecule has 0 bridgehead atoms. The number of nitrogens with zero attached hydrogens (tertiary/aromatic N) is 2. The highest BCUT2D eigenvalue weighted by atomic mass is 32.2. The van der Waals surface area contributed by atoms with E-state index in [0.717, 1.165) is 43.2 Å². The van der Waals surface area contributed by atoms with Crippen molar-refractivity contribution < 1.29 is 4.79 Å². The van der Waals surface area contributed by atoms with Crippen molar-refractivity contribution in [1.82, 2.24) is 4.90 Å². The predicted octanol–water partition coefficient (Wildman–Crippen LogP) is 3.05. The van der Waals surface area contributed by atoms with E-state index in [1.54, 1.807) is 11.8 Å². The van der Waals surface area contributed by atoms with Crippen LogP contribution < -0.4 is 0 Å². The number of hydrogen-bond acceptors (Lipinski definition) is 3. The second-order valence-electron chi connectivity index (χ2n) is 5.33. The zero-order valence-corrected chi connectivity index (χ0v) is 12.7. The summed E-state index contributed by atoms with van der Waals surface area (Å²) < 4.78 is 0. The number of carbonyl (C=O) groups is 1. The number of piperidine rings is 1. The Bertz CT molecular complexity index is 501. The molecule has 0 unspecified atom stereocenters. The molecule has 0 atom stereocenters. The summed E-state index contributed by atoms with van der Waals surface area (Å²) in [7, 11) is 0. The van der Waals surface area contributed by atoms with Crippen molar-refractivity contribution in [2.75, 3.05) is 18.8 Å². The molecule has 106 valence electrons. The molecule has 1 aromatic rings. The second kappa shape index (κ2) is 7.35. The minimum atomic E-state index is 0.233. The normalized spacial score (nSPS) is 15.9. The fourth-order valence-electron chi connectivity index (χ4n) is 2.35. The summed E-state index contributed by atoms with van der Waals surface area (Å²) in [6, 6.07) is 9.78. The fraction of sp³-hybridized carbons (Fsp3) is 0.500. The van der Waals surface area contributed by atoms with Crippen LogP contribution in [0.1, 0.15) is 30.9 Å². The molecule has 3 nitrogen and oxygen atoms in total. The average molecular weight is 288 g/mol. The van der Waals surface area contributed by atoms with Gasteiger partial charge in [0, 0.05) is 18.8 Å². The first kappa shape index (κ1) is 14.9. The number of amides is 1. The molecule has 1 amide bonds. The Labute approximate surface area is 125 Å². The number of carbonyl (C=O) groups excluding carboxylic acids is 1. The van der Waals surface area contributed by atoms with Gasteiger partial charge in [0.05, 0.1) is 17.4 Å². The zero-order valence-electron chi connectivity index (χ0n) is 11.8. The quantitative estimate of drug-likeness (QED) is 0.855. The molecular formula is C16H20N2OS. The maximum absolute atomic E-state index is 12.1. The Kier molecular flexibility index (Phi) is 5.49. The molecule has 20 heavy (non-hydrogen) atoms. The van der Waals surface area contributed by atoms with Crippen LogP contribution in [0.2, 0.25) is 0 Å². The lowest BCUT2D eigenvalue weighted by atomic mass is 9.99. The first-order chi connectivity index (χ1) is 9.70. The molecule has 1 aliphatic rings. The monoisotopic (exact) mass is 288 g/mol. The van der Waals surface area contributed by atoms with Crippen LogP contribution in [0.25, 0.3) is 0 Å². The maximum atomic E-state index is 12.1. The number of hydrogen-bond donors (Lipinski definition) is 0. The number of benzene rings is 1. The van der Waals surface area contributed by atoms with Gasteiger partial charge in [0.15, 0.2) is 0 Å². The topological polar surface area (TPSA) is 44.1 Å². The van der Waals surface area contributed by atoms with Gasteiger partial charge in [0.2, 0.25) is 5.91 Å². The van der Waals surface area contributed by atoms with Crippen molar-refractivity contribution in [3.63, 3.8) is 0 Å². The first-order valence-electron chi connectivity index (χ1n) is 7.04. The van der Waals surface area contributed by atoms with Gasteiger partial charge in [-0.1, -0.05) is 25.1 Å². The lowest BCUT2D eigenvalue weighted by Crippen LogP contribution is -2.38. The summed E-state index contributed by atoms with van der Waals surface area (Å²) in [6.45, 7) is 4.04. The van der Waals surface area contributed by atoms with Crippen molar-refractivity contribution in [2.45, 2.75) is 25.5 Å². The molecule has 2 rings (SSSR count). The molecular weight excluding hydrogens is 268 g/mol. The molecule has 0 aliphatic carbocycles. The summed E-state index contributed by atoms with van der Waals surface area (Å²) in [5.74, 6) is 2.21. The lowest BCUT2D eigenvalue weighted by molar-refractivity contribution is -0.129. The van der Waals surface area contributed by atoms with Gasteiger partial charge in [0.1, 0.15) is 0 Å². The van der Waals surface area contributed by atoms with E-state index in [1.807, 2.05) is 29.2 Å². The maximum Gasteiger partial charge on any atom is 0.232 e. The number of likely N-dealkylation sites (tertiary alicyclic amines) is 1. The highest BCUT2D eigenvalue weighted by Gasteiger charge is 2.19. The smallest absolute Gasteiger partial charge is 0.232 e. The van der Waals surface area contributed by atoms with E-state index in [4.69, 9.17) is 5.26 Å².